The molecule has 0 aliphatic heterocycles. The van der Waals surface area contributed by atoms with Gasteiger partial charge in [-0.05, 0) is 37.1 Å². The summed E-state index contributed by atoms with van der Waals surface area (Å²) >= 11 is 0. The number of hydrogen-bond acceptors (Lipinski definition) is 2. The van der Waals surface area contributed by atoms with Crippen LogP contribution >= 0.6 is 0 Å². The molecule has 0 radical (unpaired) electrons. The highest BCUT2D eigenvalue weighted by atomic mass is 19.1. The topological polar surface area (TPSA) is 26.3 Å². The molecule has 1 aromatic carbocycles. The van der Waals surface area contributed by atoms with Crippen LogP contribution in [0.15, 0.2) is 18.2 Å². The molecule has 3 heteroatoms. The predicted molar refractivity (Wildman–Crippen MR) is 56.3 cm³/mol. The number of ether oxygens (including phenoxy) is 1. The lowest BCUT2D eigenvalue weighted by Crippen LogP contribution is -2.07. The molecule has 0 aliphatic rings. The van der Waals surface area contributed by atoms with Gasteiger partial charge in [-0.25, -0.2) is 4.39 Å². The molecule has 0 heterocycles. The van der Waals surface area contributed by atoms with E-state index >= 15 is 0 Å². The van der Waals surface area contributed by atoms with E-state index in [4.69, 9.17) is 4.74 Å². The van der Waals surface area contributed by atoms with Crippen molar-refractivity contribution in [2.45, 2.75) is 33.0 Å². The summed E-state index contributed by atoms with van der Waals surface area (Å²) in [4.78, 5) is 10.7. The normalized spacial score (nSPS) is 12.5. The molecular weight excluding hydrogens is 195 g/mol. The largest absolute Gasteiger partial charge is 0.374 e. The fourth-order valence-corrected chi connectivity index (χ4v) is 1.16. The van der Waals surface area contributed by atoms with Crippen molar-refractivity contribution in [3.63, 3.8) is 0 Å². The van der Waals surface area contributed by atoms with E-state index in [1.54, 1.807) is 0 Å². The lowest BCUT2D eigenvalue weighted by molar-refractivity contribution is 0.0503. The van der Waals surface area contributed by atoms with Crippen LogP contribution in [0.3, 0.4) is 0 Å². The highest BCUT2D eigenvalue weighted by Gasteiger charge is 2.05. The molecule has 0 fully saturated rings. The minimum absolute atomic E-state index is 0.118. The van der Waals surface area contributed by atoms with Gasteiger partial charge in [0.1, 0.15) is 12.1 Å². The van der Waals surface area contributed by atoms with Crippen LogP contribution in [0.25, 0.3) is 0 Å². The smallest absolute Gasteiger partial charge is 0.150 e. The lowest BCUT2D eigenvalue weighted by atomic mass is 10.1. The molecule has 0 aromatic heterocycles. The van der Waals surface area contributed by atoms with Crippen molar-refractivity contribution in [1.29, 1.82) is 0 Å². The minimum atomic E-state index is -0.344. The number of rotatable bonds is 5. The Morgan fingerprint density at radius 2 is 2.27 bits per heavy atom. The summed E-state index contributed by atoms with van der Waals surface area (Å²) in [5, 5.41) is 0. The maximum Gasteiger partial charge on any atom is 0.150 e. The molecule has 2 nitrogen and oxygen atoms in total. The summed E-state index contributed by atoms with van der Waals surface area (Å²) in [6.45, 7) is 4.23. The van der Waals surface area contributed by atoms with E-state index in [9.17, 15) is 9.18 Å². The fraction of sp³-hybridized carbons (Fsp3) is 0.417. The SMILES string of the molecule is CC[C@H](C)OCc1cc(F)ccc1C=O. The summed E-state index contributed by atoms with van der Waals surface area (Å²) in [6.07, 6.45) is 1.73. The molecule has 82 valence electrons. The Labute approximate surface area is 89.1 Å². The van der Waals surface area contributed by atoms with Gasteiger partial charge in [0.05, 0.1) is 12.7 Å². The van der Waals surface area contributed by atoms with Gasteiger partial charge in [-0.1, -0.05) is 6.92 Å². The predicted octanol–water partition coefficient (Wildman–Crippen LogP) is 2.95. The van der Waals surface area contributed by atoms with Gasteiger partial charge in [-0.3, -0.25) is 4.79 Å². The van der Waals surface area contributed by atoms with Gasteiger partial charge in [-0.15, -0.1) is 0 Å². The van der Waals surface area contributed by atoms with Gasteiger partial charge < -0.3 is 4.74 Å². The van der Waals surface area contributed by atoms with E-state index in [1.165, 1.54) is 18.2 Å². The Hall–Kier alpha value is -1.22. The second-order valence-corrected chi connectivity index (χ2v) is 3.49. The van der Waals surface area contributed by atoms with E-state index in [-0.39, 0.29) is 18.5 Å². The van der Waals surface area contributed by atoms with Crippen molar-refractivity contribution in [2.75, 3.05) is 0 Å². The summed E-state index contributed by atoms with van der Waals surface area (Å²) in [5.41, 5.74) is 1.09. The first-order chi connectivity index (χ1) is 7.17. The van der Waals surface area contributed by atoms with E-state index < -0.39 is 0 Å². The third kappa shape index (κ3) is 3.44. The molecule has 0 aliphatic carbocycles. The van der Waals surface area contributed by atoms with Crippen molar-refractivity contribution in [3.8, 4) is 0 Å². The Bertz CT molecular complexity index is 336. The standard InChI is InChI=1S/C12H15FO2/c1-3-9(2)15-8-11-6-12(13)5-4-10(11)7-14/h4-7,9H,3,8H2,1-2H3/t9-/m0/s1. The second-order valence-electron chi connectivity index (χ2n) is 3.49. The molecule has 1 rings (SSSR count). The molecule has 0 amide bonds. The van der Waals surface area contributed by atoms with E-state index in [1.807, 2.05) is 13.8 Å². The van der Waals surface area contributed by atoms with Crippen LogP contribution in [0, 0.1) is 5.82 Å². The van der Waals surface area contributed by atoms with Gasteiger partial charge in [0.15, 0.2) is 0 Å². The number of benzene rings is 1. The average molecular weight is 210 g/mol. The van der Waals surface area contributed by atoms with Crippen molar-refractivity contribution in [1.82, 2.24) is 0 Å². The molecule has 0 N–H and O–H groups in total. The van der Waals surface area contributed by atoms with Crippen LogP contribution < -0.4 is 0 Å². The quantitative estimate of drug-likeness (QED) is 0.698. The molecule has 1 aromatic rings. The molecule has 15 heavy (non-hydrogen) atoms. The summed E-state index contributed by atoms with van der Waals surface area (Å²) in [7, 11) is 0. The highest BCUT2D eigenvalue weighted by molar-refractivity contribution is 5.77. The number of aldehydes is 1. The first-order valence-corrected chi connectivity index (χ1v) is 5.02. The van der Waals surface area contributed by atoms with Gasteiger partial charge in [-0.2, -0.15) is 0 Å². The molecule has 0 saturated carbocycles. The van der Waals surface area contributed by atoms with Crippen LogP contribution in [0.5, 0.6) is 0 Å². The van der Waals surface area contributed by atoms with Crippen molar-refractivity contribution in [3.05, 3.63) is 35.1 Å². The number of carbonyl (C=O) groups excluding carboxylic acids is 1. The molecule has 1 atom stereocenters. The highest BCUT2D eigenvalue weighted by Crippen LogP contribution is 2.12. The summed E-state index contributed by atoms with van der Waals surface area (Å²) < 4.78 is 18.4. The first-order valence-electron chi connectivity index (χ1n) is 5.02. The number of halogens is 1. The third-order valence-electron chi connectivity index (χ3n) is 2.33. The van der Waals surface area contributed by atoms with Crippen molar-refractivity contribution < 1.29 is 13.9 Å². The lowest BCUT2D eigenvalue weighted by Gasteiger charge is -2.11. The van der Waals surface area contributed by atoms with Gasteiger partial charge in [0, 0.05) is 5.56 Å². The summed E-state index contributed by atoms with van der Waals surface area (Å²) in [6, 6.07) is 4.08. The fourth-order valence-electron chi connectivity index (χ4n) is 1.16. The summed E-state index contributed by atoms with van der Waals surface area (Å²) in [5.74, 6) is -0.344. The zero-order valence-corrected chi connectivity index (χ0v) is 9.00. The molecular formula is C12H15FO2. The Morgan fingerprint density at radius 1 is 1.53 bits per heavy atom. The van der Waals surface area contributed by atoms with E-state index in [0.717, 1.165) is 12.7 Å². The number of hydrogen-bond donors (Lipinski definition) is 0. The minimum Gasteiger partial charge on any atom is -0.374 e. The monoisotopic (exact) mass is 210 g/mol. The van der Waals surface area contributed by atoms with Crippen LogP contribution in [0.2, 0.25) is 0 Å². The van der Waals surface area contributed by atoms with Crippen molar-refractivity contribution >= 4 is 6.29 Å². The molecule has 0 saturated heterocycles. The van der Waals surface area contributed by atoms with Crippen LogP contribution in [0.4, 0.5) is 4.39 Å². The average Bonchev–Trinajstić information content (AvgIpc) is 2.26. The molecule has 0 unspecified atom stereocenters. The molecule has 0 bridgehead atoms. The van der Waals surface area contributed by atoms with Crippen LogP contribution in [0.1, 0.15) is 36.2 Å². The zero-order chi connectivity index (χ0) is 11.3. The third-order valence-corrected chi connectivity index (χ3v) is 2.33. The maximum atomic E-state index is 12.9. The van der Waals surface area contributed by atoms with Crippen molar-refractivity contribution in [2.24, 2.45) is 0 Å². The Morgan fingerprint density at radius 3 is 2.87 bits per heavy atom. The number of carbonyl (C=O) groups is 1. The second kappa shape index (κ2) is 5.61. The zero-order valence-electron chi connectivity index (χ0n) is 9.00. The van der Waals surface area contributed by atoms with Gasteiger partial charge in [0.2, 0.25) is 0 Å². The van der Waals surface area contributed by atoms with E-state index in [2.05, 4.69) is 0 Å². The first kappa shape index (κ1) is 11.9. The van der Waals surface area contributed by atoms with Gasteiger partial charge >= 0.3 is 0 Å². The van der Waals surface area contributed by atoms with Crippen LogP contribution in [-0.4, -0.2) is 12.4 Å². The Kier molecular flexibility index (Phi) is 4.43. The van der Waals surface area contributed by atoms with E-state index in [0.29, 0.717) is 11.1 Å². The maximum absolute atomic E-state index is 12.9. The Balaban J connectivity index is 2.74. The van der Waals surface area contributed by atoms with Crippen LogP contribution in [-0.2, 0) is 11.3 Å². The van der Waals surface area contributed by atoms with Gasteiger partial charge in [0.25, 0.3) is 0 Å². The molecule has 0 spiro atoms.